The van der Waals surface area contributed by atoms with Gasteiger partial charge in [0.05, 0.1) is 56.5 Å². The largest absolute Gasteiger partial charge is 0.369 e. The standard InChI is InChI=1S/C25H24N6O4.C22H18N6O2.C21H18N4O4.2C21H22N4O3/c1-15(32)30-13-18(14-30)17-11-20-21(22(26)33)28-31(23(20)27-12-17)19-5-3-4-16(10-19)6-7-25(35)8-9-29(2)24(25)34;1-22(7-9-27(2)21(22)30)6-5-14-10-15(13-23)12-16(11-14)28-20-17(4-3-8-25-20)18(26-28)19(24)29;1-24-10-9-21(29,20(24)28)8-7-13-3-2-4-14(11-13)25-17-6-5-15(26)12-16(17)18(23-25)19(22)27;2*1-13-6-7-16-17(13)18(19(22)26)23-25(16)15-5-3-4-14(12-15)8-9-21(28)10-11-24(2)20(21)27/h3-5,10-12,18,35H,8-9,13-14H2,1-2H3,(H2,26,33);3-4,8,10-12H,7,9H2,1-2H3,(H2,24,29);2-6,11,29H,9-10,12H2,1H3,(H2,22,27);2*3-5,12-13,28H,6-7,10-11H2,1-2H3,(H2,22,26)/t25-;22-;21-;13-,21+;13-,21-/m01010/s1. The van der Waals surface area contributed by atoms with Crippen LogP contribution >= 0.6 is 0 Å². The highest BCUT2D eigenvalue weighted by Crippen LogP contribution is 2.41. The molecule has 0 spiro atoms. The third kappa shape index (κ3) is 20.4. The Morgan fingerprint density at radius 2 is 0.780 bits per heavy atom. The quantitative estimate of drug-likeness (QED) is 0.0826. The minimum absolute atomic E-state index is 0.0139. The Morgan fingerprint density at radius 1 is 0.407 bits per heavy atom. The number of primary amides is 5. The normalized spacial score (nSPS) is 21.0. The van der Waals surface area contributed by atoms with E-state index in [-0.39, 0.29) is 83.5 Å². The number of fused-ring (bicyclic) bond motifs is 5. The van der Waals surface area contributed by atoms with Gasteiger partial charge in [-0.15, -0.1) is 0 Å². The van der Waals surface area contributed by atoms with Crippen LogP contribution in [0.3, 0.4) is 0 Å². The maximum Gasteiger partial charge on any atom is 0.269 e. The Morgan fingerprint density at radius 3 is 1.19 bits per heavy atom. The van der Waals surface area contributed by atoms with Crippen molar-refractivity contribution in [1.29, 1.82) is 5.26 Å². The zero-order valence-electron chi connectivity index (χ0n) is 83.3. The number of aromatic nitrogens is 12. The molecule has 40 nitrogen and oxygen atoms in total. The fraction of sp³-hybridized carbons (Fsp3) is 0.309. The molecule has 14 N–H and O–H groups in total. The van der Waals surface area contributed by atoms with Crippen molar-refractivity contribution < 1.29 is 78.0 Å². The molecule has 760 valence electrons. The first-order valence-corrected chi connectivity index (χ1v) is 48.2. The summed E-state index contributed by atoms with van der Waals surface area (Å²) in [5, 5.41) is 74.4. The van der Waals surface area contributed by atoms with E-state index in [0.717, 1.165) is 65.1 Å². The van der Waals surface area contributed by atoms with Crippen molar-refractivity contribution in [2.24, 2.45) is 34.1 Å². The second-order valence-electron chi connectivity index (χ2n) is 38.7. The Hall–Kier alpha value is -18.3. The number of likely N-dealkylation sites (tertiary alicyclic amines) is 6. The average Bonchev–Trinajstić information content (AvgIpc) is 1.60. The van der Waals surface area contributed by atoms with Crippen LogP contribution in [0, 0.1) is 76.0 Å². The smallest absolute Gasteiger partial charge is 0.269 e. The van der Waals surface area contributed by atoms with Crippen molar-refractivity contribution >= 4 is 98.9 Å². The van der Waals surface area contributed by atoms with Gasteiger partial charge in [0, 0.05) is 194 Å². The van der Waals surface area contributed by atoms with E-state index in [9.17, 15) is 83.2 Å². The number of hydrogen-bond donors (Lipinski definition) is 9. The van der Waals surface area contributed by atoms with Crippen molar-refractivity contribution in [3.05, 3.63) is 253 Å². The summed E-state index contributed by atoms with van der Waals surface area (Å²) in [6, 6.07) is 41.2. The van der Waals surface area contributed by atoms with Crippen LogP contribution in [0.2, 0.25) is 0 Å². The summed E-state index contributed by atoms with van der Waals surface area (Å²) in [7, 11) is 8.31. The Balaban J connectivity index is 0.000000128. The highest BCUT2D eigenvalue weighted by molar-refractivity contribution is 6.06. The Bertz CT molecular complexity index is 8000. The molecule has 7 atom stereocenters. The monoisotopic (exact) mass is 2020 g/mol. The van der Waals surface area contributed by atoms with Crippen LogP contribution in [0.1, 0.15) is 216 Å². The molecule has 6 saturated heterocycles. The van der Waals surface area contributed by atoms with Gasteiger partial charge >= 0.3 is 0 Å². The molecule has 5 aromatic carbocycles. The lowest BCUT2D eigenvalue weighted by atomic mass is 9.89. The number of hydrogen-bond acceptors (Lipinski definition) is 24. The topological polar surface area (TPSA) is 574 Å². The molecule has 12 aromatic rings. The number of aliphatic hydroxyl groups is 4. The van der Waals surface area contributed by atoms with E-state index in [1.54, 1.807) is 152 Å². The van der Waals surface area contributed by atoms with Gasteiger partial charge in [0.15, 0.2) is 45.5 Å². The second kappa shape index (κ2) is 40.9. The number of pyridine rings is 2. The number of likely N-dealkylation sites (N-methyl/N-ethyl adjacent to an activating group) is 4. The average molecular weight is 2020 g/mol. The number of nitrogens with zero attached hydrogens (tertiary/aromatic N) is 19. The summed E-state index contributed by atoms with van der Waals surface area (Å²) in [4.78, 5) is 162. The van der Waals surface area contributed by atoms with E-state index in [2.05, 4.69) is 115 Å². The van der Waals surface area contributed by atoms with Gasteiger partial charge in [0.1, 0.15) is 5.41 Å². The highest BCUT2D eigenvalue weighted by Gasteiger charge is 2.47. The number of ketones is 1. The number of nitriles is 1. The van der Waals surface area contributed by atoms with Crippen LogP contribution in [0.15, 0.2) is 152 Å². The van der Waals surface area contributed by atoms with Gasteiger partial charge in [-0.25, -0.2) is 33.4 Å². The van der Waals surface area contributed by atoms with Crippen LogP contribution < -0.4 is 28.7 Å². The number of amides is 11. The molecule has 0 unspecified atom stereocenters. The minimum Gasteiger partial charge on any atom is -0.369 e. The summed E-state index contributed by atoms with van der Waals surface area (Å²) in [5.74, 6) is 24.4. The van der Waals surface area contributed by atoms with Crippen molar-refractivity contribution in [2.45, 2.75) is 132 Å². The second-order valence-corrected chi connectivity index (χ2v) is 38.7. The molecule has 3 aliphatic carbocycles. The third-order valence-corrected chi connectivity index (χ3v) is 28.0. The van der Waals surface area contributed by atoms with Crippen molar-refractivity contribution in [2.75, 3.05) is 81.1 Å². The van der Waals surface area contributed by atoms with E-state index >= 15 is 0 Å². The van der Waals surface area contributed by atoms with Gasteiger partial charge in [0.2, 0.25) is 34.2 Å². The third-order valence-electron chi connectivity index (χ3n) is 28.0. The number of nitrogens with two attached hydrogens (primary N) is 5. The predicted octanol–water partition coefficient (Wildman–Crippen LogP) is 4.01. The molecule has 0 bridgehead atoms. The Labute approximate surface area is 859 Å². The number of carbonyl (C=O) groups is 12. The number of benzene rings is 5. The van der Waals surface area contributed by atoms with E-state index in [0.29, 0.717) is 160 Å². The molecule has 7 aromatic heterocycles. The number of carbonyl (C=O) groups excluding carboxylic acids is 12. The molecule has 150 heavy (non-hydrogen) atoms. The lowest BCUT2D eigenvalue weighted by Crippen LogP contribution is -2.47. The lowest BCUT2D eigenvalue weighted by molar-refractivity contribution is -0.138. The molecule has 40 heteroatoms. The van der Waals surface area contributed by atoms with Crippen molar-refractivity contribution in [3.63, 3.8) is 0 Å². The summed E-state index contributed by atoms with van der Waals surface area (Å²) in [5.41, 5.74) is 34.5. The summed E-state index contributed by atoms with van der Waals surface area (Å²) < 4.78 is 8.04. The molecule has 13 heterocycles. The molecular weight excluding hydrogens is 1910 g/mol. The summed E-state index contributed by atoms with van der Waals surface area (Å²) in [6.45, 7) is 11.2. The van der Waals surface area contributed by atoms with E-state index < -0.39 is 69.2 Å². The van der Waals surface area contributed by atoms with Gasteiger partial charge < -0.3 is 78.5 Å². The SMILES string of the molecule is CC(=O)N1CC(c2cnc3c(c2)c(C(N)=O)nn3-c2cccc(C#C[C@]3(O)CCN(C)C3=O)c2)C1.CN1CC[C@@](C)(C#Cc2cc(C#N)cc(-n3nc(C(N)=O)c4cccnc43)c2)C1=O.CN1CC[C@@](O)(C#Cc2cccc(-n3nc(C(N)=O)c4c3C=CC(=O)C4)c2)C1=O.C[C@@H]1CCc2c1c(C(N)=O)nn2-c1cccc(C#C[C@]2(O)CCN(C)C2=O)c1.C[C@H]1CCc2c1c(C(N)=O)nn2-c1cccc(C#C[C@]2(O)CCN(C)C2=O)c1. The van der Waals surface area contributed by atoms with Crippen molar-refractivity contribution in [3.8, 4) is 93.7 Å². The van der Waals surface area contributed by atoms with Gasteiger partial charge in [-0.05, 0) is 178 Å². The molecule has 11 amide bonds. The summed E-state index contributed by atoms with van der Waals surface area (Å²) in [6.07, 6.45) is 11.7. The van der Waals surface area contributed by atoms with Gasteiger partial charge in [-0.3, -0.25) is 57.5 Å². The minimum atomic E-state index is -1.69. The van der Waals surface area contributed by atoms with Crippen LogP contribution in [-0.4, -0.2) is 283 Å². The molecule has 0 radical (unpaired) electrons. The fourth-order valence-corrected chi connectivity index (χ4v) is 19.4. The fourth-order valence-electron chi connectivity index (χ4n) is 19.4. The molecule has 9 aliphatic rings. The predicted molar refractivity (Wildman–Crippen MR) is 546 cm³/mol. The first-order valence-electron chi connectivity index (χ1n) is 48.2. The highest BCUT2D eigenvalue weighted by atomic mass is 16.3. The summed E-state index contributed by atoms with van der Waals surface area (Å²) >= 11 is 0. The number of allylic oxidation sites excluding steroid dienone is 1. The van der Waals surface area contributed by atoms with E-state index in [4.69, 9.17) is 28.7 Å². The van der Waals surface area contributed by atoms with Crippen LogP contribution in [0.5, 0.6) is 0 Å². The molecule has 0 saturated carbocycles. The molecule has 6 fully saturated rings. The first-order chi connectivity index (χ1) is 71.4. The molecule has 6 aliphatic heterocycles. The molecule has 21 rings (SSSR count). The van der Waals surface area contributed by atoms with Crippen LogP contribution in [0.25, 0.3) is 56.6 Å². The van der Waals surface area contributed by atoms with Gasteiger partial charge in [-0.1, -0.05) is 97.3 Å². The van der Waals surface area contributed by atoms with Gasteiger partial charge in [-0.2, -0.15) is 30.8 Å². The van der Waals surface area contributed by atoms with Gasteiger partial charge in [0.25, 0.3) is 53.2 Å². The zero-order chi connectivity index (χ0) is 107. The van der Waals surface area contributed by atoms with E-state index in [1.807, 2.05) is 61.5 Å². The lowest BCUT2D eigenvalue weighted by Gasteiger charge is -2.38. The molecular formula is C110H104N24O16. The van der Waals surface area contributed by atoms with Crippen LogP contribution in [-0.2, 0) is 52.8 Å². The van der Waals surface area contributed by atoms with Crippen LogP contribution in [0.4, 0.5) is 0 Å². The maximum atomic E-state index is 12.4. The zero-order valence-corrected chi connectivity index (χ0v) is 83.3. The van der Waals surface area contributed by atoms with E-state index in [1.165, 1.54) is 46.6 Å². The first kappa shape index (κ1) is 103. The number of rotatable bonds is 11. The maximum absolute atomic E-state index is 12.4. The van der Waals surface area contributed by atoms with Crippen molar-refractivity contribution in [1.82, 2.24) is 88.3 Å². The Kier molecular flexibility index (Phi) is 28.1.